The fraction of sp³-hybridized carbons (Fsp3) is 0. The van der Waals surface area contributed by atoms with Crippen LogP contribution in [-0.4, -0.2) is 13.4 Å². The number of benzene rings is 1. The van der Waals surface area contributed by atoms with Crippen molar-refractivity contribution in [2.24, 2.45) is 0 Å². The molecule has 0 saturated heterocycles. The fourth-order valence-corrected chi connectivity index (χ4v) is 2.40. The Hall–Kier alpha value is -1.73. The number of pyridine rings is 1. The maximum Gasteiger partial charge on any atom is 0.263 e. The molecule has 1 aromatic carbocycles. The summed E-state index contributed by atoms with van der Waals surface area (Å²) in [6.45, 7) is 0. The average Bonchev–Trinajstić information content (AvgIpc) is 2.34. The van der Waals surface area contributed by atoms with Crippen molar-refractivity contribution in [2.45, 2.75) is 4.90 Å². The lowest BCUT2D eigenvalue weighted by molar-refractivity contribution is 0.509. The molecule has 19 heavy (non-hydrogen) atoms. The molecule has 0 aliphatic rings. The molecule has 0 fully saturated rings. The molecule has 1 aromatic heterocycles. The van der Waals surface area contributed by atoms with E-state index in [1.165, 1.54) is 12.1 Å². The highest BCUT2D eigenvalue weighted by atomic mass is 35.5. The maximum atomic E-state index is 13.0. The Balaban J connectivity index is 2.30. The molecule has 100 valence electrons. The van der Waals surface area contributed by atoms with Crippen LogP contribution < -0.4 is 4.72 Å². The van der Waals surface area contributed by atoms with Crippen molar-refractivity contribution in [1.82, 2.24) is 4.98 Å². The Bertz CT molecular complexity index is 705. The molecule has 1 N–H and O–H groups in total. The van der Waals surface area contributed by atoms with E-state index in [-0.39, 0.29) is 15.7 Å². The van der Waals surface area contributed by atoms with E-state index in [4.69, 9.17) is 11.6 Å². The van der Waals surface area contributed by atoms with Crippen molar-refractivity contribution >= 4 is 27.3 Å². The molecule has 2 aromatic rings. The van der Waals surface area contributed by atoms with E-state index in [2.05, 4.69) is 9.71 Å². The third-order valence-corrected chi connectivity index (χ3v) is 3.77. The van der Waals surface area contributed by atoms with Gasteiger partial charge in [0.2, 0.25) is 0 Å². The standard InChI is InChI=1S/C11H7ClF2N2O2S/c12-11-4-2-8(6-15-11)19(17,18)16-7-1-3-9(13)10(14)5-7/h1-6,16H. The summed E-state index contributed by atoms with van der Waals surface area (Å²) in [5.74, 6) is -2.20. The molecule has 8 heteroatoms. The minimum atomic E-state index is -3.92. The molecule has 0 aliphatic carbocycles. The van der Waals surface area contributed by atoms with Crippen molar-refractivity contribution < 1.29 is 17.2 Å². The monoisotopic (exact) mass is 304 g/mol. The Morgan fingerprint density at radius 3 is 2.42 bits per heavy atom. The van der Waals surface area contributed by atoms with Gasteiger partial charge in [-0.3, -0.25) is 4.72 Å². The SMILES string of the molecule is O=S(=O)(Nc1ccc(F)c(F)c1)c1ccc(Cl)nc1. The Kier molecular flexibility index (Phi) is 3.68. The van der Waals surface area contributed by atoms with Gasteiger partial charge in [0.25, 0.3) is 10.0 Å². The number of hydrogen-bond donors (Lipinski definition) is 1. The van der Waals surface area contributed by atoms with Crippen molar-refractivity contribution in [2.75, 3.05) is 4.72 Å². The summed E-state index contributed by atoms with van der Waals surface area (Å²) in [5.41, 5.74) is -0.0890. The molecule has 0 aliphatic heterocycles. The van der Waals surface area contributed by atoms with Gasteiger partial charge in [0.1, 0.15) is 10.0 Å². The second-order valence-electron chi connectivity index (χ2n) is 3.55. The third-order valence-electron chi connectivity index (χ3n) is 2.18. The highest BCUT2D eigenvalue weighted by molar-refractivity contribution is 7.92. The largest absolute Gasteiger partial charge is 0.279 e. The summed E-state index contributed by atoms with van der Waals surface area (Å²) < 4.78 is 51.6. The van der Waals surface area contributed by atoms with E-state index in [9.17, 15) is 17.2 Å². The van der Waals surface area contributed by atoms with E-state index in [1.54, 1.807) is 0 Å². The minimum absolute atomic E-state index is 0.0890. The summed E-state index contributed by atoms with van der Waals surface area (Å²) in [6.07, 6.45) is 1.06. The molecular weight excluding hydrogens is 298 g/mol. The molecule has 0 amide bonds. The Labute approximate surface area is 113 Å². The molecule has 1 heterocycles. The number of nitrogens with zero attached hydrogens (tertiary/aromatic N) is 1. The first-order valence-corrected chi connectivity index (χ1v) is 6.84. The summed E-state index contributed by atoms with van der Waals surface area (Å²) in [6, 6.07) is 5.24. The van der Waals surface area contributed by atoms with Crippen molar-refractivity contribution in [1.29, 1.82) is 0 Å². The van der Waals surface area contributed by atoms with Crippen LogP contribution in [0, 0.1) is 11.6 Å². The zero-order valence-electron chi connectivity index (χ0n) is 9.27. The van der Waals surface area contributed by atoms with Gasteiger partial charge in [-0.15, -0.1) is 0 Å². The highest BCUT2D eigenvalue weighted by Gasteiger charge is 2.15. The molecule has 0 radical (unpaired) electrons. The summed E-state index contributed by atoms with van der Waals surface area (Å²) >= 11 is 5.54. The lowest BCUT2D eigenvalue weighted by atomic mass is 10.3. The van der Waals surface area contributed by atoms with Crippen molar-refractivity contribution in [3.8, 4) is 0 Å². The number of nitrogens with one attached hydrogen (secondary N) is 1. The summed E-state index contributed by atoms with van der Waals surface area (Å²) in [4.78, 5) is 3.49. The molecule has 0 spiro atoms. The predicted molar refractivity (Wildman–Crippen MR) is 66.4 cm³/mol. The lowest BCUT2D eigenvalue weighted by Crippen LogP contribution is -2.13. The zero-order valence-corrected chi connectivity index (χ0v) is 10.8. The molecule has 0 saturated carbocycles. The van der Waals surface area contributed by atoms with Crippen LogP contribution in [0.3, 0.4) is 0 Å². The molecule has 0 bridgehead atoms. The number of hydrogen-bond acceptors (Lipinski definition) is 3. The topological polar surface area (TPSA) is 59.1 Å². The van der Waals surface area contributed by atoms with E-state index >= 15 is 0 Å². The van der Waals surface area contributed by atoms with Crippen LogP contribution >= 0.6 is 11.6 Å². The van der Waals surface area contributed by atoms with E-state index < -0.39 is 21.7 Å². The predicted octanol–water partition coefficient (Wildman–Crippen LogP) is 2.81. The number of halogens is 3. The first kappa shape index (κ1) is 13.7. The molecule has 4 nitrogen and oxygen atoms in total. The van der Waals surface area contributed by atoms with Crippen LogP contribution in [0.2, 0.25) is 5.15 Å². The molecular formula is C11H7ClF2N2O2S. The number of aromatic nitrogens is 1. The number of anilines is 1. The summed E-state index contributed by atoms with van der Waals surface area (Å²) in [7, 11) is -3.92. The van der Waals surface area contributed by atoms with Crippen LogP contribution in [0.25, 0.3) is 0 Å². The first-order chi connectivity index (χ1) is 8.88. The number of rotatable bonds is 3. The van der Waals surface area contributed by atoms with Crippen LogP contribution in [-0.2, 0) is 10.0 Å². The normalized spacial score (nSPS) is 11.3. The van der Waals surface area contributed by atoms with Gasteiger partial charge in [-0.25, -0.2) is 22.2 Å². The van der Waals surface area contributed by atoms with E-state index in [0.717, 1.165) is 24.4 Å². The van der Waals surface area contributed by atoms with Gasteiger partial charge < -0.3 is 0 Å². The average molecular weight is 305 g/mol. The van der Waals surface area contributed by atoms with Gasteiger partial charge in [-0.2, -0.15) is 0 Å². The van der Waals surface area contributed by atoms with Gasteiger partial charge in [-0.05, 0) is 24.3 Å². The molecule has 2 rings (SSSR count). The van der Waals surface area contributed by atoms with Crippen LogP contribution in [0.4, 0.5) is 14.5 Å². The zero-order chi connectivity index (χ0) is 14.0. The minimum Gasteiger partial charge on any atom is -0.279 e. The molecule has 0 atom stereocenters. The highest BCUT2D eigenvalue weighted by Crippen LogP contribution is 2.18. The fourth-order valence-electron chi connectivity index (χ4n) is 1.29. The van der Waals surface area contributed by atoms with Crippen molar-refractivity contribution in [3.63, 3.8) is 0 Å². The smallest absolute Gasteiger partial charge is 0.263 e. The second-order valence-corrected chi connectivity index (χ2v) is 5.62. The quantitative estimate of drug-likeness (QED) is 0.887. The van der Waals surface area contributed by atoms with Crippen molar-refractivity contribution in [3.05, 3.63) is 53.3 Å². The molecule has 0 unspecified atom stereocenters. The Morgan fingerprint density at radius 2 is 1.84 bits per heavy atom. The third kappa shape index (κ3) is 3.18. The number of sulfonamides is 1. The van der Waals surface area contributed by atoms with E-state index in [1.807, 2.05) is 0 Å². The second kappa shape index (κ2) is 5.10. The van der Waals surface area contributed by atoms with Gasteiger partial charge in [-0.1, -0.05) is 11.6 Å². The van der Waals surface area contributed by atoms with Gasteiger partial charge in [0.05, 0.1) is 5.69 Å². The van der Waals surface area contributed by atoms with E-state index in [0.29, 0.717) is 0 Å². The summed E-state index contributed by atoms with van der Waals surface area (Å²) in [5, 5.41) is 0.145. The Morgan fingerprint density at radius 1 is 1.11 bits per heavy atom. The van der Waals surface area contributed by atoms with Crippen LogP contribution in [0.15, 0.2) is 41.4 Å². The lowest BCUT2D eigenvalue weighted by Gasteiger charge is -2.08. The maximum absolute atomic E-state index is 13.0. The van der Waals surface area contributed by atoms with Crippen LogP contribution in [0.5, 0.6) is 0 Å². The first-order valence-electron chi connectivity index (χ1n) is 4.98. The van der Waals surface area contributed by atoms with Gasteiger partial charge >= 0.3 is 0 Å². The van der Waals surface area contributed by atoms with Crippen LogP contribution in [0.1, 0.15) is 0 Å². The van der Waals surface area contributed by atoms with Gasteiger partial charge in [0.15, 0.2) is 11.6 Å². The van der Waals surface area contributed by atoms with Gasteiger partial charge in [0, 0.05) is 12.3 Å².